The Bertz CT molecular complexity index is 471. The second-order valence-electron chi connectivity index (χ2n) is 3.66. The first kappa shape index (κ1) is 12.0. The summed E-state index contributed by atoms with van der Waals surface area (Å²) in [6, 6.07) is 4.48. The molecule has 1 N–H and O–H groups in total. The molecule has 0 radical (unpaired) electrons. The second-order valence-corrected chi connectivity index (χ2v) is 4.69. The maximum Gasteiger partial charge on any atom is 0.316 e. The quantitative estimate of drug-likeness (QED) is 0.882. The van der Waals surface area contributed by atoms with Crippen molar-refractivity contribution >= 4 is 11.3 Å². The molecule has 0 aliphatic rings. The van der Waals surface area contributed by atoms with Crippen LogP contribution in [0, 0.1) is 6.92 Å². The lowest BCUT2D eigenvalue weighted by molar-refractivity contribution is 0.283. The molecule has 0 saturated carbocycles. The van der Waals surface area contributed by atoms with Crippen molar-refractivity contribution in [1.82, 2.24) is 15.3 Å². The average molecular weight is 249 g/mol. The molecule has 90 valence electrons. The summed E-state index contributed by atoms with van der Waals surface area (Å²) in [6.07, 6.45) is 1.81. The van der Waals surface area contributed by atoms with Gasteiger partial charge in [0.05, 0.1) is 0 Å². The summed E-state index contributed by atoms with van der Waals surface area (Å²) in [5, 5.41) is 5.11. The van der Waals surface area contributed by atoms with Crippen molar-refractivity contribution in [2.75, 3.05) is 7.05 Å². The maximum absolute atomic E-state index is 5.53. The van der Waals surface area contributed by atoms with Crippen molar-refractivity contribution in [1.29, 1.82) is 0 Å². The minimum atomic E-state index is 0.441. The summed E-state index contributed by atoms with van der Waals surface area (Å²) in [5.41, 5.74) is 2.05. The predicted octanol–water partition coefficient (Wildman–Crippen LogP) is 2.14. The maximum atomic E-state index is 5.53. The molecule has 4 nitrogen and oxygen atoms in total. The highest BCUT2D eigenvalue weighted by atomic mass is 32.1. The molecule has 0 aromatic carbocycles. The van der Waals surface area contributed by atoms with E-state index in [9.17, 15) is 0 Å². The van der Waals surface area contributed by atoms with Crippen LogP contribution in [0.3, 0.4) is 0 Å². The molecule has 0 aliphatic heterocycles. The molecule has 0 amide bonds. The largest absolute Gasteiger partial charge is 0.458 e. The van der Waals surface area contributed by atoms with E-state index in [0.29, 0.717) is 12.6 Å². The number of ether oxygens (including phenoxy) is 1. The summed E-state index contributed by atoms with van der Waals surface area (Å²) in [6.45, 7) is 3.27. The molecule has 17 heavy (non-hydrogen) atoms. The SMILES string of the molecule is CNCc1cnc(OCc2cccs2)nc1C. The monoisotopic (exact) mass is 249 g/mol. The van der Waals surface area contributed by atoms with E-state index in [0.717, 1.165) is 17.8 Å². The highest BCUT2D eigenvalue weighted by Gasteiger charge is 2.04. The van der Waals surface area contributed by atoms with Crippen LogP contribution < -0.4 is 10.1 Å². The van der Waals surface area contributed by atoms with Crippen LogP contribution in [0.25, 0.3) is 0 Å². The van der Waals surface area contributed by atoms with Gasteiger partial charge in [-0.3, -0.25) is 0 Å². The summed E-state index contributed by atoms with van der Waals surface area (Å²) < 4.78 is 5.53. The normalized spacial score (nSPS) is 10.5. The average Bonchev–Trinajstić information content (AvgIpc) is 2.83. The van der Waals surface area contributed by atoms with Gasteiger partial charge in [0.1, 0.15) is 6.61 Å². The van der Waals surface area contributed by atoms with E-state index in [1.807, 2.05) is 37.7 Å². The van der Waals surface area contributed by atoms with Gasteiger partial charge < -0.3 is 10.1 Å². The van der Waals surface area contributed by atoms with Crippen LogP contribution in [0.2, 0.25) is 0 Å². The standard InChI is InChI=1S/C12H15N3OS/c1-9-10(6-13-2)7-14-12(15-9)16-8-11-4-3-5-17-11/h3-5,7,13H,6,8H2,1-2H3. The van der Waals surface area contributed by atoms with Crippen LogP contribution in [0.5, 0.6) is 6.01 Å². The smallest absolute Gasteiger partial charge is 0.316 e. The van der Waals surface area contributed by atoms with Gasteiger partial charge in [0.2, 0.25) is 0 Å². The third-order valence-corrected chi connectivity index (χ3v) is 3.20. The molecule has 2 aromatic heterocycles. The van der Waals surface area contributed by atoms with Gasteiger partial charge in [0, 0.05) is 28.9 Å². The van der Waals surface area contributed by atoms with Gasteiger partial charge in [0.15, 0.2) is 0 Å². The molecule has 0 fully saturated rings. The Kier molecular flexibility index (Phi) is 4.06. The topological polar surface area (TPSA) is 47.0 Å². The highest BCUT2D eigenvalue weighted by Crippen LogP contribution is 2.13. The molecular weight excluding hydrogens is 234 g/mol. The number of hydrogen-bond donors (Lipinski definition) is 1. The van der Waals surface area contributed by atoms with Crippen molar-refractivity contribution in [2.45, 2.75) is 20.1 Å². The Hall–Kier alpha value is -1.46. The fourth-order valence-electron chi connectivity index (χ4n) is 1.43. The van der Waals surface area contributed by atoms with E-state index in [4.69, 9.17) is 4.74 Å². The van der Waals surface area contributed by atoms with E-state index >= 15 is 0 Å². The Labute approximate surface area is 105 Å². The summed E-state index contributed by atoms with van der Waals surface area (Å²) in [5.74, 6) is 0. The Balaban J connectivity index is 2.00. The number of nitrogens with one attached hydrogen (secondary N) is 1. The van der Waals surface area contributed by atoms with E-state index in [1.165, 1.54) is 4.88 Å². The number of aromatic nitrogens is 2. The summed E-state index contributed by atoms with van der Waals surface area (Å²) >= 11 is 1.67. The Morgan fingerprint density at radius 1 is 1.47 bits per heavy atom. The molecule has 0 atom stereocenters. The van der Waals surface area contributed by atoms with Crippen molar-refractivity contribution in [3.05, 3.63) is 39.8 Å². The fraction of sp³-hybridized carbons (Fsp3) is 0.333. The molecule has 0 bridgehead atoms. The number of thiophene rings is 1. The highest BCUT2D eigenvalue weighted by molar-refractivity contribution is 7.09. The minimum Gasteiger partial charge on any atom is -0.458 e. The van der Waals surface area contributed by atoms with E-state index in [1.54, 1.807) is 11.3 Å². The first-order chi connectivity index (χ1) is 8.29. The van der Waals surface area contributed by atoms with Crippen molar-refractivity contribution in [3.8, 4) is 6.01 Å². The number of aryl methyl sites for hydroxylation is 1. The number of hydrogen-bond acceptors (Lipinski definition) is 5. The first-order valence-corrected chi connectivity index (χ1v) is 6.30. The minimum absolute atomic E-state index is 0.441. The van der Waals surface area contributed by atoms with Crippen LogP contribution in [0.1, 0.15) is 16.1 Å². The van der Waals surface area contributed by atoms with E-state index in [2.05, 4.69) is 15.3 Å². The molecule has 2 aromatic rings. The molecule has 0 aliphatic carbocycles. The molecule has 0 spiro atoms. The van der Waals surface area contributed by atoms with Gasteiger partial charge in [0.25, 0.3) is 0 Å². The third kappa shape index (κ3) is 3.25. The van der Waals surface area contributed by atoms with Gasteiger partial charge in [-0.2, -0.15) is 0 Å². The summed E-state index contributed by atoms with van der Waals surface area (Å²) in [7, 11) is 1.90. The van der Waals surface area contributed by atoms with Crippen LogP contribution in [0.15, 0.2) is 23.7 Å². The lowest BCUT2D eigenvalue weighted by atomic mass is 10.2. The number of rotatable bonds is 5. The Morgan fingerprint density at radius 3 is 3.00 bits per heavy atom. The summed E-state index contributed by atoms with van der Waals surface area (Å²) in [4.78, 5) is 9.68. The molecule has 0 saturated heterocycles. The third-order valence-electron chi connectivity index (χ3n) is 2.35. The van der Waals surface area contributed by atoms with E-state index in [-0.39, 0.29) is 0 Å². The molecule has 5 heteroatoms. The zero-order chi connectivity index (χ0) is 12.1. The first-order valence-electron chi connectivity index (χ1n) is 5.42. The zero-order valence-corrected chi connectivity index (χ0v) is 10.8. The van der Waals surface area contributed by atoms with Gasteiger partial charge in [-0.15, -0.1) is 11.3 Å². The van der Waals surface area contributed by atoms with Crippen LogP contribution in [-0.4, -0.2) is 17.0 Å². The molecular formula is C12H15N3OS. The van der Waals surface area contributed by atoms with Crippen molar-refractivity contribution in [3.63, 3.8) is 0 Å². The van der Waals surface area contributed by atoms with Crippen molar-refractivity contribution < 1.29 is 4.74 Å². The zero-order valence-electron chi connectivity index (χ0n) is 9.93. The van der Waals surface area contributed by atoms with Crippen molar-refractivity contribution in [2.24, 2.45) is 0 Å². The lowest BCUT2D eigenvalue weighted by Gasteiger charge is -2.06. The molecule has 2 heterocycles. The number of nitrogens with zero attached hydrogens (tertiary/aromatic N) is 2. The van der Waals surface area contributed by atoms with Gasteiger partial charge in [-0.1, -0.05) is 6.07 Å². The lowest BCUT2D eigenvalue weighted by Crippen LogP contribution is -2.09. The van der Waals surface area contributed by atoms with Crippen LogP contribution in [0.4, 0.5) is 0 Å². The second kappa shape index (κ2) is 5.75. The van der Waals surface area contributed by atoms with Gasteiger partial charge in [-0.25, -0.2) is 9.97 Å². The van der Waals surface area contributed by atoms with Crippen LogP contribution >= 0.6 is 11.3 Å². The predicted molar refractivity (Wildman–Crippen MR) is 68.2 cm³/mol. The van der Waals surface area contributed by atoms with Crippen LogP contribution in [-0.2, 0) is 13.2 Å². The molecule has 2 rings (SSSR count). The Morgan fingerprint density at radius 2 is 2.35 bits per heavy atom. The van der Waals surface area contributed by atoms with Gasteiger partial charge >= 0.3 is 6.01 Å². The van der Waals surface area contributed by atoms with Gasteiger partial charge in [-0.05, 0) is 25.4 Å². The molecule has 0 unspecified atom stereocenters. The van der Waals surface area contributed by atoms with E-state index < -0.39 is 0 Å². The fourth-order valence-corrected chi connectivity index (χ4v) is 2.05.